The number of anilines is 1. The van der Waals surface area contributed by atoms with Crippen molar-refractivity contribution in [1.29, 1.82) is 0 Å². The lowest BCUT2D eigenvalue weighted by molar-refractivity contribution is 0.175. The van der Waals surface area contributed by atoms with Crippen molar-refractivity contribution in [3.05, 3.63) is 46.1 Å². The summed E-state index contributed by atoms with van der Waals surface area (Å²) < 4.78 is 4.86. The normalized spacial score (nSPS) is 11.7. The van der Waals surface area contributed by atoms with E-state index in [0.29, 0.717) is 15.6 Å². The van der Waals surface area contributed by atoms with Crippen LogP contribution in [0, 0.1) is 0 Å². The molecule has 1 atom stereocenters. The molecule has 0 aliphatic rings. The largest absolute Gasteiger partial charge is 0.467 e. The molecule has 2 rings (SSSR count). The Hall–Kier alpha value is -2.09. The zero-order valence-electron chi connectivity index (χ0n) is 12.1. The third-order valence-electron chi connectivity index (χ3n) is 2.84. The lowest BCUT2D eigenvalue weighted by Gasteiger charge is -2.14. The highest BCUT2D eigenvalue weighted by atomic mass is 35.5. The van der Waals surface area contributed by atoms with Gasteiger partial charge in [-0.05, 0) is 18.2 Å². The molecule has 1 heterocycles. The van der Waals surface area contributed by atoms with Crippen molar-refractivity contribution in [3.63, 3.8) is 0 Å². The predicted molar refractivity (Wildman–Crippen MR) is 87.0 cm³/mol. The van der Waals surface area contributed by atoms with Crippen LogP contribution in [0.15, 0.2) is 30.5 Å². The summed E-state index contributed by atoms with van der Waals surface area (Å²) in [6, 6.07) is 5.85. The lowest BCUT2D eigenvalue weighted by atomic mass is 10.1. The van der Waals surface area contributed by atoms with E-state index in [1.807, 2.05) is 0 Å². The first-order chi connectivity index (χ1) is 11.0. The number of nitrogens with zero attached hydrogens (tertiary/aromatic N) is 2. The second-order valence-electron chi connectivity index (χ2n) is 4.45. The molecule has 1 aromatic heterocycles. The van der Waals surface area contributed by atoms with Crippen molar-refractivity contribution in [2.24, 2.45) is 0 Å². The molecule has 0 aliphatic carbocycles. The number of urea groups is 1. The van der Waals surface area contributed by atoms with E-state index in [2.05, 4.69) is 20.6 Å². The van der Waals surface area contributed by atoms with Gasteiger partial charge in [0.2, 0.25) is 0 Å². The van der Waals surface area contributed by atoms with Crippen LogP contribution in [0.1, 0.15) is 11.7 Å². The second-order valence-corrected chi connectivity index (χ2v) is 5.29. The van der Waals surface area contributed by atoms with Crippen LogP contribution in [-0.2, 0) is 0 Å². The quantitative estimate of drug-likeness (QED) is 0.765. The Morgan fingerprint density at radius 1 is 1.39 bits per heavy atom. The number of rotatable bonds is 5. The number of carbonyl (C=O) groups is 1. The van der Waals surface area contributed by atoms with E-state index in [1.54, 1.807) is 12.1 Å². The van der Waals surface area contributed by atoms with E-state index in [4.69, 9.17) is 27.9 Å². The molecule has 122 valence electrons. The minimum Gasteiger partial charge on any atom is -0.467 e. The number of nitrogens with one attached hydrogen (secondary N) is 2. The van der Waals surface area contributed by atoms with Crippen molar-refractivity contribution in [2.45, 2.75) is 6.10 Å². The number of hydrogen-bond acceptors (Lipinski definition) is 5. The molecule has 0 saturated carbocycles. The first-order valence-corrected chi connectivity index (χ1v) is 7.30. The maximum Gasteiger partial charge on any atom is 0.320 e. The number of hydrogen-bond donors (Lipinski definition) is 3. The van der Waals surface area contributed by atoms with E-state index in [1.165, 1.54) is 25.4 Å². The first kappa shape index (κ1) is 17.3. The molecular weight excluding hydrogens is 343 g/mol. The Morgan fingerprint density at radius 3 is 2.87 bits per heavy atom. The molecule has 9 heteroatoms. The number of aliphatic hydroxyl groups excluding tert-OH is 1. The van der Waals surface area contributed by atoms with Crippen LogP contribution in [0.4, 0.5) is 10.6 Å². The van der Waals surface area contributed by atoms with E-state index in [9.17, 15) is 9.90 Å². The summed E-state index contributed by atoms with van der Waals surface area (Å²) in [5.41, 5.74) is 0.472. The Balaban J connectivity index is 1.90. The van der Waals surface area contributed by atoms with Gasteiger partial charge >= 0.3 is 12.0 Å². The average Bonchev–Trinajstić information content (AvgIpc) is 2.53. The summed E-state index contributed by atoms with van der Waals surface area (Å²) in [5.74, 6) is 0.272. The summed E-state index contributed by atoms with van der Waals surface area (Å²) in [4.78, 5) is 19.6. The van der Waals surface area contributed by atoms with E-state index >= 15 is 0 Å². The number of halogens is 2. The highest BCUT2D eigenvalue weighted by Gasteiger charge is 2.13. The number of methoxy groups -OCH3 is 1. The maximum absolute atomic E-state index is 11.8. The molecule has 0 fully saturated rings. The molecule has 0 aliphatic heterocycles. The van der Waals surface area contributed by atoms with Gasteiger partial charge in [-0.2, -0.15) is 4.98 Å². The molecule has 23 heavy (non-hydrogen) atoms. The van der Waals surface area contributed by atoms with Gasteiger partial charge in [-0.25, -0.2) is 9.78 Å². The van der Waals surface area contributed by atoms with Crippen molar-refractivity contribution in [2.75, 3.05) is 19.0 Å². The van der Waals surface area contributed by atoms with Gasteiger partial charge in [0.1, 0.15) is 5.82 Å². The minimum atomic E-state index is -0.967. The fourth-order valence-electron chi connectivity index (χ4n) is 1.74. The first-order valence-electron chi connectivity index (χ1n) is 6.54. The van der Waals surface area contributed by atoms with Crippen LogP contribution in [0.2, 0.25) is 10.0 Å². The Kier molecular flexibility index (Phi) is 5.97. The highest BCUT2D eigenvalue weighted by Crippen LogP contribution is 2.25. The minimum absolute atomic E-state index is 0.0323. The number of amides is 2. The van der Waals surface area contributed by atoms with Crippen molar-refractivity contribution in [3.8, 4) is 6.01 Å². The molecule has 0 radical (unpaired) electrons. The lowest BCUT2D eigenvalue weighted by Crippen LogP contribution is -2.32. The van der Waals surface area contributed by atoms with Crippen molar-refractivity contribution < 1.29 is 14.6 Å². The summed E-state index contributed by atoms with van der Waals surface area (Å²) >= 11 is 11.8. The van der Waals surface area contributed by atoms with E-state index < -0.39 is 12.1 Å². The summed E-state index contributed by atoms with van der Waals surface area (Å²) in [5, 5.41) is 15.9. The third kappa shape index (κ3) is 4.95. The van der Waals surface area contributed by atoms with Gasteiger partial charge in [-0.1, -0.05) is 29.3 Å². The van der Waals surface area contributed by atoms with Gasteiger partial charge < -0.3 is 15.2 Å². The standard InChI is InChI=1S/C14H14Cl2N4O3/c1-23-14-17-5-4-12(20-14)19-13(22)18-7-11(21)9-3-2-8(15)6-10(9)16/h2-6,11,21H,7H2,1H3,(H2,17,18,19,20,22). The van der Waals surface area contributed by atoms with Crippen LogP contribution in [0.3, 0.4) is 0 Å². The SMILES string of the molecule is COc1nccc(NC(=O)NCC(O)c2ccc(Cl)cc2Cl)n1. The Bertz CT molecular complexity index is 699. The fraction of sp³-hybridized carbons (Fsp3) is 0.214. The molecular formula is C14H14Cl2N4O3. The van der Waals surface area contributed by atoms with E-state index in [0.717, 1.165) is 0 Å². The molecule has 0 bridgehead atoms. The average molecular weight is 357 g/mol. The number of benzene rings is 1. The van der Waals surface area contributed by atoms with Gasteiger partial charge in [0, 0.05) is 28.4 Å². The van der Waals surface area contributed by atoms with Gasteiger partial charge in [-0.15, -0.1) is 0 Å². The second kappa shape index (κ2) is 7.96. The number of aromatic nitrogens is 2. The van der Waals surface area contributed by atoms with Gasteiger partial charge in [0.15, 0.2) is 0 Å². The van der Waals surface area contributed by atoms with Crippen LogP contribution in [-0.4, -0.2) is 34.8 Å². The molecule has 1 aromatic carbocycles. The zero-order chi connectivity index (χ0) is 16.8. The van der Waals surface area contributed by atoms with Gasteiger partial charge in [0.05, 0.1) is 13.2 Å². The topological polar surface area (TPSA) is 96.4 Å². The van der Waals surface area contributed by atoms with Gasteiger partial charge in [0.25, 0.3) is 0 Å². The Labute approximate surface area is 142 Å². The molecule has 7 nitrogen and oxygen atoms in total. The third-order valence-corrected chi connectivity index (χ3v) is 3.40. The van der Waals surface area contributed by atoms with Crippen LogP contribution >= 0.6 is 23.2 Å². The number of ether oxygens (including phenoxy) is 1. The van der Waals surface area contributed by atoms with E-state index in [-0.39, 0.29) is 18.4 Å². The zero-order valence-corrected chi connectivity index (χ0v) is 13.6. The monoisotopic (exact) mass is 356 g/mol. The van der Waals surface area contributed by atoms with Crippen LogP contribution in [0.5, 0.6) is 6.01 Å². The predicted octanol–water partition coefficient (Wildman–Crippen LogP) is 2.65. The number of carbonyl (C=O) groups excluding carboxylic acids is 1. The smallest absolute Gasteiger partial charge is 0.320 e. The summed E-state index contributed by atoms with van der Waals surface area (Å²) in [6.45, 7) is -0.0323. The molecule has 1 unspecified atom stereocenters. The Morgan fingerprint density at radius 2 is 2.17 bits per heavy atom. The summed E-state index contributed by atoms with van der Waals surface area (Å²) in [6.07, 6.45) is 0.481. The molecule has 2 amide bonds. The molecule has 2 aromatic rings. The molecule has 0 spiro atoms. The number of aliphatic hydroxyl groups is 1. The highest BCUT2D eigenvalue weighted by molar-refractivity contribution is 6.35. The van der Waals surface area contributed by atoms with Gasteiger partial charge in [-0.3, -0.25) is 5.32 Å². The fourth-order valence-corrected chi connectivity index (χ4v) is 2.27. The molecule has 0 saturated heterocycles. The van der Waals surface area contributed by atoms with Crippen LogP contribution in [0.25, 0.3) is 0 Å². The molecule has 3 N–H and O–H groups in total. The van der Waals surface area contributed by atoms with Crippen LogP contribution < -0.4 is 15.4 Å². The maximum atomic E-state index is 11.8. The summed E-state index contributed by atoms with van der Waals surface area (Å²) in [7, 11) is 1.42. The van der Waals surface area contributed by atoms with Crippen molar-refractivity contribution in [1.82, 2.24) is 15.3 Å². The van der Waals surface area contributed by atoms with Crippen molar-refractivity contribution >= 4 is 35.1 Å².